The Kier molecular flexibility index (Phi) is 30.8. The fourth-order valence-electron chi connectivity index (χ4n) is 20.9. The van der Waals surface area contributed by atoms with Crippen LogP contribution in [0.2, 0.25) is 10.0 Å². The second kappa shape index (κ2) is 37.2. The molecule has 0 radical (unpaired) electrons. The van der Waals surface area contributed by atoms with Crippen LogP contribution in [-0.4, -0.2) is 153 Å². The lowest BCUT2D eigenvalue weighted by molar-refractivity contribution is 0.0398. The summed E-state index contributed by atoms with van der Waals surface area (Å²) in [6, 6.07) is 5.80. The van der Waals surface area contributed by atoms with Gasteiger partial charge < -0.3 is 35.8 Å². The highest BCUT2D eigenvalue weighted by atomic mass is 35.5. The molecule has 6 aliphatic rings. The van der Waals surface area contributed by atoms with Crippen molar-refractivity contribution in [2.45, 2.75) is 278 Å². The van der Waals surface area contributed by atoms with Crippen molar-refractivity contribution in [3.63, 3.8) is 0 Å². The maximum absolute atomic E-state index is 12.9. The Bertz CT molecular complexity index is 4100. The van der Waals surface area contributed by atoms with Crippen molar-refractivity contribution in [1.29, 1.82) is 0 Å². The molecule has 0 aromatic carbocycles. The van der Waals surface area contributed by atoms with Crippen molar-refractivity contribution in [1.82, 2.24) is 58.7 Å². The van der Waals surface area contributed by atoms with Crippen LogP contribution < -0.4 is 54.0 Å². The molecule has 0 amide bonds. The summed E-state index contributed by atoms with van der Waals surface area (Å²) < 4.78 is 13.6. The van der Waals surface area contributed by atoms with E-state index in [2.05, 4.69) is 202 Å². The van der Waals surface area contributed by atoms with Crippen LogP contribution in [0.5, 0.6) is 0 Å². The fraction of sp³-hybridized carbons (Fsp3) is 0.767. The monoisotopic (exact) mass is 1580 g/mol. The van der Waals surface area contributed by atoms with Crippen LogP contribution in [-0.2, 0) is 4.74 Å². The third-order valence-electron chi connectivity index (χ3n) is 22.9. The molecule has 0 bridgehead atoms. The first-order chi connectivity index (χ1) is 51.2. The van der Waals surface area contributed by atoms with Crippen molar-refractivity contribution < 1.29 is 4.74 Å². The molecule has 6 heterocycles. The number of nitrogens with zero attached hydrogens (tertiary/aromatic N) is 13. The smallest absolute Gasteiger partial charge is 0.287 e. The topological polar surface area (TPSA) is 242 Å². The van der Waals surface area contributed by atoms with E-state index in [0.29, 0.717) is 11.4 Å². The van der Waals surface area contributed by atoms with Gasteiger partial charge >= 0.3 is 0 Å². The highest BCUT2D eigenvalue weighted by Gasteiger charge is 2.45. The molecule has 0 unspecified atom stereocenters. The van der Waals surface area contributed by atoms with E-state index in [1.807, 2.05) is 33.1 Å². The summed E-state index contributed by atoms with van der Waals surface area (Å²) in [5.41, 5.74) is 5.66. The predicted octanol–water partition coefficient (Wildman–Crippen LogP) is 17.1. The minimum Gasteiger partial charge on any atom is -0.387 e. The number of hydrogen-bond acceptors (Lipinski definition) is 18. The highest BCUT2D eigenvalue weighted by Crippen LogP contribution is 2.54. The summed E-state index contributed by atoms with van der Waals surface area (Å²) in [5, 5.41) is 35.2. The lowest BCUT2D eigenvalue weighted by Crippen LogP contribution is -2.40. The first-order valence-corrected chi connectivity index (χ1v) is 41.8. The van der Waals surface area contributed by atoms with Crippen LogP contribution in [0.4, 0.5) is 28.4 Å². The van der Waals surface area contributed by atoms with E-state index in [-0.39, 0.29) is 122 Å². The van der Waals surface area contributed by atoms with Gasteiger partial charge in [-0.1, -0.05) is 169 Å². The Labute approximate surface area is 675 Å². The number of aromatic nitrogens is 10. The van der Waals surface area contributed by atoms with E-state index >= 15 is 0 Å². The average Bonchev–Trinajstić information content (AvgIpc) is 0.792. The van der Waals surface area contributed by atoms with Crippen LogP contribution >= 0.6 is 23.2 Å². The number of rotatable bonds is 18. The van der Waals surface area contributed by atoms with E-state index in [0.717, 1.165) is 160 Å². The molecule has 25 heteroatoms. The zero-order valence-electron chi connectivity index (χ0n) is 73.2. The van der Waals surface area contributed by atoms with Crippen LogP contribution in [0.1, 0.15) is 278 Å². The molecule has 624 valence electrons. The molecule has 5 aliphatic carbocycles. The van der Waals surface area contributed by atoms with Gasteiger partial charge in [-0.2, -0.15) is 25.5 Å². The summed E-state index contributed by atoms with van der Waals surface area (Å²) in [4.78, 5) is 68.8. The number of nitrogens with one attached hydrogen (secondary N) is 4. The zero-order valence-corrected chi connectivity index (χ0v) is 74.7. The summed E-state index contributed by atoms with van der Waals surface area (Å²) >= 11 is 12.7. The summed E-state index contributed by atoms with van der Waals surface area (Å²) in [5.74, 6) is 0. The maximum Gasteiger partial charge on any atom is 0.287 e. The standard InChI is InChI=1S/C20H33ClN4O2.C18H31ClN4O.C17H29N3O.C16H27N3O.C15H25N3O/c1-19(2)11-15(12-20(3,4)14-19)25-18(26)17(21)16(13-23-25)22-5-6-24-7-9-27-10-8-24;1-17(2)9-13(10-18(3,4)12-17)23-16(24)15(19)14(11-21-23)20-7-8-22(5)6;1-6-7-18-13-8-15(21)20(19-11-13)14-9-16(2,3)12-17(4,5)10-14;1-15(2)8-13(9-16(3,4)11-15)19-14(20)7-12(10-17-19)18(5)6;1-14(2)7-12(8-15(3,4)10-14)18-13(19)6-11(16-5)9-17-18/h13,15,22H,5-12,14H2,1-4H3;11,13,20H,7-10,12H2,1-6H3;8,11,14,18H,6-7,9-10,12H2,1-5H3;7,10,13H,8-9,11H2,1-6H3;6,9,12,16H,7-8,10H2,1-5H3. The normalized spacial score (nSPS) is 21.8. The number of morpholine rings is 1. The number of halogens is 2. The first kappa shape index (κ1) is 92.0. The maximum atomic E-state index is 12.9. The average molecular weight is 1580 g/mol. The van der Waals surface area contributed by atoms with Crippen molar-refractivity contribution in [3.8, 4) is 0 Å². The Morgan fingerprint density at radius 3 is 1.04 bits per heavy atom. The van der Waals surface area contributed by atoms with Gasteiger partial charge in [-0.3, -0.25) is 28.9 Å². The quantitative estimate of drug-likeness (QED) is 0.0637. The van der Waals surface area contributed by atoms with Gasteiger partial charge in [0.05, 0.1) is 103 Å². The molecule has 23 nitrogen and oxygen atoms in total. The van der Waals surface area contributed by atoms with Crippen molar-refractivity contribution >= 4 is 51.6 Å². The van der Waals surface area contributed by atoms with Crippen LogP contribution in [0, 0.1) is 54.1 Å². The van der Waals surface area contributed by atoms with Crippen molar-refractivity contribution in [3.05, 3.63) is 111 Å². The zero-order chi connectivity index (χ0) is 82.8. The van der Waals surface area contributed by atoms with E-state index in [1.54, 1.807) is 79.6 Å². The van der Waals surface area contributed by atoms with Gasteiger partial charge in [0.25, 0.3) is 27.8 Å². The minimum absolute atomic E-state index is 0.00889. The molecule has 4 N–H and O–H groups in total. The summed E-state index contributed by atoms with van der Waals surface area (Å²) in [7, 11) is 9.66. The van der Waals surface area contributed by atoms with Crippen molar-refractivity contribution in [2.75, 3.05) is 120 Å². The first-order valence-electron chi connectivity index (χ1n) is 41.1. The van der Waals surface area contributed by atoms with Gasteiger partial charge in [-0.05, 0) is 171 Å². The van der Waals surface area contributed by atoms with E-state index in [9.17, 15) is 24.0 Å². The minimum atomic E-state index is -0.190. The second-order valence-corrected chi connectivity index (χ2v) is 42.6. The number of hydrogen-bond donors (Lipinski definition) is 4. The molecule has 5 aromatic heterocycles. The fourth-order valence-corrected chi connectivity index (χ4v) is 21.3. The Morgan fingerprint density at radius 2 is 0.721 bits per heavy atom. The number of anilines is 5. The van der Waals surface area contributed by atoms with Gasteiger partial charge in [0.1, 0.15) is 10.0 Å². The van der Waals surface area contributed by atoms with Crippen molar-refractivity contribution in [2.24, 2.45) is 54.1 Å². The highest BCUT2D eigenvalue weighted by molar-refractivity contribution is 6.33. The van der Waals surface area contributed by atoms with E-state index in [1.165, 1.54) is 19.3 Å². The lowest BCUT2D eigenvalue weighted by atomic mass is 9.63. The third-order valence-corrected chi connectivity index (χ3v) is 23.6. The summed E-state index contributed by atoms with van der Waals surface area (Å²) in [6.45, 7) is 55.3. The summed E-state index contributed by atoms with van der Waals surface area (Å²) in [6.07, 6.45) is 25.5. The second-order valence-electron chi connectivity index (χ2n) is 41.8. The lowest BCUT2D eigenvalue weighted by Gasteiger charge is -2.45. The van der Waals surface area contributed by atoms with Gasteiger partial charge in [0, 0.05) is 85.2 Å². The van der Waals surface area contributed by atoms with Gasteiger partial charge in [-0.25, -0.2) is 23.4 Å². The SMILES string of the molecule is CC1(C)CC(n2ncc(NCCN3CCOCC3)c(Cl)c2=O)CC(C)(C)C1.CCCNc1cnn(C2CC(C)(C)CC(C)(C)C2)c(=O)c1.CN(C)CCNc1cnn(C2CC(C)(C)CC(C)(C)C2)c(=O)c1Cl.CN(C)c1cnn(C2CC(C)(C)CC(C)(C)C2)c(=O)c1.CNc1cnn(C2CC(C)(C)CC(C)(C)C2)c(=O)c1. The van der Waals surface area contributed by atoms with Gasteiger partial charge in [0.2, 0.25) is 0 Å². The Hall–Kier alpha value is -6.14. The molecule has 6 fully saturated rings. The molecule has 5 saturated carbocycles. The predicted molar refractivity (Wildman–Crippen MR) is 460 cm³/mol. The van der Waals surface area contributed by atoms with Gasteiger partial charge in [-0.15, -0.1) is 0 Å². The number of likely N-dealkylation sites (N-methyl/N-ethyl adjacent to an activating group) is 1. The van der Waals surface area contributed by atoms with Gasteiger partial charge in [0.15, 0.2) is 0 Å². The van der Waals surface area contributed by atoms with Crippen LogP contribution in [0.15, 0.2) is 73.2 Å². The molecule has 11 rings (SSSR count). The van der Waals surface area contributed by atoms with Crippen LogP contribution in [0.3, 0.4) is 0 Å². The molecular weight excluding hydrogens is 1440 g/mol. The van der Waals surface area contributed by atoms with E-state index in [4.69, 9.17) is 27.9 Å². The molecule has 5 aromatic rings. The Morgan fingerprint density at radius 1 is 0.414 bits per heavy atom. The number of ether oxygens (including phenoxy) is 1. The molecule has 0 atom stereocenters. The third kappa shape index (κ3) is 27.8. The largest absolute Gasteiger partial charge is 0.387 e. The molecule has 111 heavy (non-hydrogen) atoms. The molecule has 1 aliphatic heterocycles. The van der Waals surface area contributed by atoms with Crippen LogP contribution in [0.25, 0.3) is 0 Å². The molecule has 1 saturated heterocycles. The Balaban J connectivity index is 0.000000194. The van der Waals surface area contributed by atoms with E-state index < -0.39 is 0 Å². The molecule has 0 spiro atoms. The molecular formula is C86H145Cl2N17O6.